The summed E-state index contributed by atoms with van der Waals surface area (Å²) in [7, 11) is 0. The highest BCUT2D eigenvalue weighted by Crippen LogP contribution is 2.44. The number of hydrogen-bond acceptors (Lipinski definition) is 4. The number of esters is 1. The number of ketones is 1. The largest absolute Gasteiger partial charge is 0.463 e. The lowest BCUT2D eigenvalue weighted by molar-refractivity contribution is -0.148. The third-order valence-electron chi connectivity index (χ3n) is 4.73. The van der Waals surface area contributed by atoms with Crippen LogP contribution in [0.5, 0.6) is 0 Å². The number of carbonyl (C=O) groups excluding carboxylic acids is 2. The maximum absolute atomic E-state index is 12.2. The first kappa shape index (κ1) is 17.4. The van der Waals surface area contributed by atoms with Crippen LogP contribution in [0.1, 0.15) is 43.2 Å². The van der Waals surface area contributed by atoms with Crippen molar-refractivity contribution in [1.29, 1.82) is 0 Å². The number of ether oxygens (including phenoxy) is 1. The number of nitrogens with two attached hydrogens (primary N) is 1. The lowest BCUT2D eigenvalue weighted by Crippen LogP contribution is -2.40. The molecule has 4 nitrogen and oxygen atoms in total. The molecular formula is C21H23NO3. The SMILES string of the molecule is CCCCC(=O)C(N)C(=O)OCC1c2ccccc2-c2ccccc21. The highest BCUT2D eigenvalue weighted by Gasteiger charge is 2.30. The van der Waals surface area contributed by atoms with Crippen LogP contribution in [0.3, 0.4) is 0 Å². The van der Waals surface area contributed by atoms with Gasteiger partial charge in [-0.25, -0.2) is 4.79 Å². The molecule has 0 radical (unpaired) electrons. The van der Waals surface area contributed by atoms with Crippen LogP contribution < -0.4 is 5.73 Å². The van der Waals surface area contributed by atoms with E-state index in [2.05, 4.69) is 24.3 Å². The van der Waals surface area contributed by atoms with Crippen LogP contribution in [-0.2, 0) is 14.3 Å². The van der Waals surface area contributed by atoms with Crippen molar-refractivity contribution in [3.8, 4) is 11.1 Å². The second-order valence-electron chi connectivity index (χ2n) is 6.40. The van der Waals surface area contributed by atoms with E-state index in [1.165, 1.54) is 11.1 Å². The summed E-state index contributed by atoms with van der Waals surface area (Å²) in [5, 5.41) is 0. The van der Waals surface area contributed by atoms with Crippen molar-refractivity contribution in [3.05, 3.63) is 59.7 Å². The fourth-order valence-corrected chi connectivity index (χ4v) is 3.33. The molecule has 0 saturated heterocycles. The van der Waals surface area contributed by atoms with Gasteiger partial charge in [0, 0.05) is 12.3 Å². The molecule has 2 N–H and O–H groups in total. The molecule has 1 atom stereocenters. The van der Waals surface area contributed by atoms with E-state index >= 15 is 0 Å². The Balaban J connectivity index is 1.71. The van der Waals surface area contributed by atoms with Crippen molar-refractivity contribution in [3.63, 3.8) is 0 Å². The Morgan fingerprint density at radius 1 is 1.04 bits per heavy atom. The van der Waals surface area contributed by atoms with Crippen LogP contribution in [0.15, 0.2) is 48.5 Å². The fraction of sp³-hybridized carbons (Fsp3) is 0.333. The van der Waals surface area contributed by atoms with Crippen LogP contribution in [0.4, 0.5) is 0 Å². The molecule has 2 aromatic carbocycles. The van der Waals surface area contributed by atoms with Crippen LogP contribution in [0, 0.1) is 0 Å². The minimum absolute atomic E-state index is 0.0192. The molecule has 0 heterocycles. The summed E-state index contributed by atoms with van der Waals surface area (Å²) in [6.45, 7) is 2.19. The second-order valence-corrected chi connectivity index (χ2v) is 6.40. The van der Waals surface area contributed by atoms with Crippen molar-refractivity contribution in [2.24, 2.45) is 5.73 Å². The van der Waals surface area contributed by atoms with E-state index in [0.29, 0.717) is 6.42 Å². The number of hydrogen-bond donors (Lipinski definition) is 1. The predicted octanol–water partition coefficient (Wildman–Crippen LogP) is 3.43. The fourth-order valence-electron chi connectivity index (χ4n) is 3.33. The summed E-state index contributed by atoms with van der Waals surface area (Å²) in [5.74, 6) is -0.906. The first-order chi connectivity index (χ1) is 12.1. The average molecular weight is 337 g/mol. The number of benzene rings is 2. The van der Waals surface area contributed by atoms with Crippen LogP contribution >= 0.6 is 0 Å². The zero-order valence-corrected chi connectivity index (χ0v) is 14.4. The van der Waals surface area contributed by atoms with Crippen LogP contribution in [0.25, 0.3) is 11.1 Å². The highest BCUT2D eigenvalue weighted by molar-refractivity contribution is 6.02. The Labute approximate surface area is 148 Å². The Bertz CT molecular complexity index is 739. The first-order valence-corrected chi connectivity index (χ1v) is 8.76. The van der Waals surface area contributed by atoms with Gasteiger partial charge in [0.05, 0.1) is 0 Å². The molecule has 1 aliphatic rings. The van der Waals surface area contributed by atoms with E-state index in [1.807, 2.05) is 31.2 Å². The van der Waals surface area contributed by atoms with Crippen molar-refractivity contribution < 1.29 is 14.3 Å². The Morgan fingerprint density at radius 3 is 2.16 bits per heavy atom. The summed E-state index contributed by atoms with van der Waals surface area (Å²) in [4.78, 5) is 24.1. The lowest BCUT2D eigenvalue weighted by Gasteiger charge is -2.16. The van der Waals surface area contributed by atoms with E-state index in [1.54, 1.807) is 0 Å². The van der Waals surface area contributed by atoms with Gasteiger partial charge in [-0.15, -0.1) is 0 Å². The van der Waals surface area contributed by atoms with E-state index in [4.69, 9.17) is 10.5 Å². The zero-order chi connectivity index (χ0) is 17.8. The molecule has 130 valence electrons. The van der Waals surface area contributed by atoms with Gasteiger partial charge in [0.1, 0.15) is 6.61 Å². The summed E-state index contributed by atoms with van der Waals surface area (Å²) in [6, 6.07) is 15.1. The molecule has 0 bridgehead atoms. The third kappa shape index (κ3) is 3.49. The molecular weight excluding hydrogens is 314 g/mol. The zero-order valence-electron chi connectivity index (χ0n) is 14.4. The predicted molar refractivity (Wildman–Crippen MR) is 97.2 cm³/mol. The normalized spacial score (nSPS) is 13.8. The molecule has 0 saturated carbocycles. The average Bonchev–Trinajstić information content (AvgIpc) is 2.97. The maximum Gasteiger partial charge on any atom is 0.330 e. The van der Waals surface area contributed by atoms with E-state index in [0.717, 1.165) is 24.0 Å². The summed E-state index contributed by atoms with van der Waals surface area (Å²) in [5.41, 5.74) is 10.4. The highest BCUT2D eigenvalue weighted by atomic mass is 16.5. The number of unbranched alkanes of at least 4 members (excludes halogenated alkanes) is 1. The Hall–Kier alpha value is -2.46. The quantitative estimate of drug-likeness (QED) is 0.621. The number of fused-ring (bicyclic) bond motifs is 3. The van der Waals surface area contributed by atoms with Gasteiger partial charge in [-0.05, 0) is 28.7 Å². The van der Waals surface area contributed by atoms with Crippen molar-refractivity contribution in [1.82, 2.24) is 0 Å². The first-order valence-electron chi connectivity index (χ1n) is 8.76. The lowest BCUT2D eigenvalue weighted by atomic mass is 9.98. The van der Waals surface area contributed by atoms with Crippen molar-refractivity contribution in [2.75, 3.05) is 6.61 Å². The van der Waals surface area contributed by atoms with Gasteiger partial charge >= 0.3 is 5.97 Å². The van der Waals surface area contributed by atoms with Gasteiger partial charge in [-0.1, -0.05) is 61.9 Å². The monoisotopic (exact) mass is 337 g/mol. The minimum atomic E-state index is -1.18. The standard InChI is InChI=1S/C21H23NO3/c1-2-3-12-19(23)20(22)21(24)25-13-18-16-10-6-4-8-14(16)15-9-5-7-11-17(15)18/h4-11,18,20H,2-3,12-13,22H2,1H3. The van der Waals surface area contributed by atoms with Gasteiger partial charge < -0.3 is 10.5 Å². The second kappa shape index (κ2) is 7.62. The van der Waals surface area contributed by atoms with Crippen LogP contribution in [0.2, 0.25) is 0 Å². The smallest absolute Gasteiger partial charge is 0.330 e. The minimum Gasteiger partial charge on any atom is -0.463 e. The summed E-state index contributed by atoms with van der Waals surface area (Å²) < 4.78 is 5.42. The Kier molecular flexibility index (Phi) is 5.29. The molecule has 4 heteroatoms. The molecule has 3 rings (SSSR count). The molecule has 0 aromatic heterocycles. The third-order valence-corrected chi connectivity index (χ3v) is 4.73. The molecule has 1 unspecified atom stereocenters. The van der Waals surface area contributed by atoms with Crippen LogP contribution in [-0.4, -0.2) is 24.4 Å². The maximum atomic E-state index is 12.2. The van der Waals surface area contributed by atoms with Gasteiger partial charge in [0.2, 0.25) is 0 Å². The summed E-state index contributed by atoms with van der Waals surface area (Å²) in [6.07, 6.45) is 1.95. The molecule has 1 aliphatic carbocycles. The van der Waals surface area contributed by atoms with Crippen molar-refractivity contribution >= 4 is 11.8 Å². The van der Waals surface area contributed by atoms with E-state index in [-0.39, 0.29) is 18.3 Å². The molecule has 0 fully saturated rings. The van der Waals surface area contributed by atoms with Gasteiger partial charge in [0.15, 0.2) is 11.8 Å². The Morgan fingerprint density at radius 2 is 1.60 bits per heavy atom. The van der Waals surface area contributed by atoms with E-state index < -0.39 is 12.0 Å². The molecule has 0 amide bonds. The topological polar surface area (TPSA) is 69.4 Å². The molecule has 25 heavy (non-hydrogen) atoms. The molecule has 0 spiro atoms. The summed E-state index contributed by atoms with van der Waals surface area (Å²) >= 11 is 0. The molecule has 0 aliphatic heterocycles. The van der Waals surface area contributed by atoms with Gasteiger partial charge in [-0.2, -0.15) is 0 Å². The molecule has 2 aromatic rings. The van der Waals surface area contributed by atoms with Gasteiger partial charge in [-0.3, -0.25) is 4.79 Å². The number of carbonyl (C=O) groups is 2. The van der Waals surface area contributed by atoms with Gasteiger partial charge in [0.25, 0.3) is 0 Å². The number of Topliss-reactive ketones (excluding diaryl/α,β-unsaturated/α-hetero) is 1. The van der Waals surface area contributed by atoms with E-state index in [9.17, 15) is 9.59 Å². The van der Waals surface area contributed by atoms with Crippen molar-refractivity contribution in [2.45, 2.75) is 38.1 Å². The number of rotatable bonds is 7.